The van der Waals surface area contributed by atoms with Crippen molar-refractivity contribution >= 4 is 23.3 Å². The van der Waals surface area contributed by atoms with Crippen molar-refractivity contribution in [3.63, 3.8) is 0 Å². The number of hydrogen-bond donors (Lipinski definition) is 1. The fraction of sp³-hybridized carbons (Fsp3) is 0.435. The molecule has 1 aromatic carbocycles. The van der Waals surface area contributed by atoms with E-state index in [0.29, 0.717) is 17.2 Å². The van der Waals surface area contributed by atoms with E-state index in [-0.39, 0.29) is 11.8 Å². The van der Waals surface area contributed by atoms with E-state index in [4.69, 9.17) is 9.51 Å². The van der Waals surface area contributed by atoms with Crippen molar-refractivity contribution in [3.05, 3.63) is 52.4 Å². The summed E-state index contributed by atoms with van der Waals surface area (Å²) < 4.78 is 18.7. The summed E-state index contributed by atoms with van der Waals surface area (Å²) in [4.78, 5) is 19.2. The molecule has 1 saturated carbocycles. The molecule has 1 aliphatic carbocycles. The van der Waals surface area contributed by atoms with Gasteiger partial charge in [-0.3, -0.25) is 5.32 Å². The topological polar surface area (TPSA) is 71.3 Å². The van der Waals surface area contributed by atoms with Crippen LogP contribution < -0.4 is 5.32 Å². The Labute approximate surface area is 184 Å². The van der Waals surface area contributed by atoms with Crippen LogP contribution in [0.15, 0.2) is 34.2 Å². The Morgan fingerprint density at radius 1 is 1.29 bits per heavy atom. The van der Waals surface area contributed by atoms with Crippen LogP contribution in [0, 0.1) is 25.1 Å². The van der Waals surface area contributed by atoms with Gasteiger partial charge in [-0.25, -0.2) is 14.2 Å². The summed E-state index contributed by atoms with van der Waals surface area (Å²) in [5.41, 5.74) is 3.91. The van der Waals surface area contributed by atoms with E-state index in [1.807, 2.05) is 24.8 Å². The number of likely N-dealkylation sites (tertiary alicyclic amines) is 1. The average Bonchev–Trinajstić information content (AvgIpc) is 3.35. The molecule has 1 spiro atoms. The van der Waals surface area contributed by atoms with Crippen LogP contribution in [0.3, 0.4) is 0 Å². The lowest BCUT2D eigenvalue weighted by atomic mass is 9.57. The van der Waals surface area contributed by atoms with Gasteiger partial charge in [-0.15, -0.1) is 11.3 Å². The number of thiazole rings is 1. The van der Waals surface area contributed by atoms with Crippen LogP contribution in [0.1, 0.15) is 48.6 Å². The maximum Gasteiger partial charge on any atom is 0.324 e. The predicted octanol–water partition coefficient (Wildman–Crippen LogP) is 5.75. The monoisotopic (exact) mass is 440 g/mol. The number of aromatic nitrogens is 2. The zero-order valence-corrected chi connectivity index (χ0v) is 18.5. The fourth-order valence-corrected chi connectivity index (χ4v) is 5.62. The van der Waals surface area contributed by atoms with Gasteiger partial charge in [0.05, 0.1) is 11.4 Å². The summed E-state index contributed by atoms with van der Waals surface area (Å²) in [7, 11) is 0. The molecular formula is C23H25FN4O2S. The first-order chi connectivity index (χ1) is 14.9. The van der Waals surface area contributed by atoms with Gasteiger partial charge in [-0.05, 0) is 57.1 Å². The highest BCUT2D eigenvalue weighted by Gasteiger charge is 2.47. The second-order valence-corrected chi connectivity index (χ2v) is 9.69. The number of rotatable bonds is 3. The number of aryl methyl sites for hydroxylation is 1. The zero-order valence-electron chi connectivity index (χ0n) is 17.7. The quantitative estimate of drug-likeness (QED) is 0.563. The van der Waals surface area contributed by atoms with Crippen LogP contribution in [-0.4, -0.2) is 34.2 Å². The predicted molar refractivity (Wildman–Crippen MR) is 118 cm³/mol. The molecule has 0 unspecified atom stereocenters. The fourth-order valence-electron chi connectivity index (χ4n) is 4.72. The minimum atomic E-state index is -0.235. The standard InChI is InChI=1S/C23H25FN4O2S/c1-14-15(2)27-30-20(14)26-22(29)28-8-6-23(7-9-28)11-17(12-23)19-13-31-21(25-19)16-4-3-5-18(24)10-16/h3-5,10,13,17H,6-9,11-12H2,1-2H3,(H,26,29). The first-order valence-corrected chi connectivity index (χ1v) is 11.5. The largest absolute Gasteiger partial charge is 0.338 e. The third-order valence-electron chi connectivity index (χ3n) is 6.86. The highest BCUT2D eigenvalue weighted by Crippen LogP contribution is 2.56. The number of carbonyl (C=O) groups is 1. The van der Waals surface area contributed by atoms with E-state index in [9.17, 15) is 9.18 Å². The molecule has 6 nitrogen and oxygen atoms in total. The van der Waals surface area contributed by atoms with Crippen LogP contribution in [0.25, 0.3) is 10.6 Å². The van der Waals surface area contributed by atoms with E-state index in [2.05, 4.69) is 15.9 Å². The molecule has 0 bridgehead atoms. The average molecular weight is 441 g/mol. The van der Waals surface area contributed by atoms with Gasteiger partial charge in [0.1, 0.15) is 10.8 Å². The molecule has 0 radical (unpaired) electrons. The van der Waals surface area contributed by atoms with Crippen molar-refractivity contribution in [2.75, 3.05) is 18.4 Å². The molecule has 162 valence electrons. The van der Waals surface area contributed by atoms with Crippen molar-refractivity contribution in [1.82, 2.24) is 15.0 Å². The molecule has 1 saturated heterocycles. The Kier molecular flexibility index (Phi) is 5.04. The van der Waals surface area contributed by atoms with Crippen LogP contribution >= 0.6 is 11.3 Å². The molecule has 2 aromatic heterocycles. The molecule has 5 rings (SSSR count). The summed E-state index contributed by atoms with van der Waals surface area (Å²) in [5, 5.41) is 9.72. The molecule has 2 fully saturated rings. The Morgan fingerprint density at radius 3 is 2.74 bits per heavy atom. The molecule has 1 aliphatic heterocycles. The van der Waals surface area contributed by atoms with E-state index >= 15 is 0 Å². The third kappa shape index (κ3) is 3.84. The molecule has 2 amide bonds. The minimum absolute atomic E-state index is 0.121. The van der Waals surface area contributed by atoms with Crippen molar-refractivity contribution in [3.8, 4) is 10.6 Å². The Bertz CT molecular complexity index is 1110. The number of piperidine rings is 1. The van der Waals surface area contributed by atoms with Crippen LogP contribution in [0.4, 0.5) is 15.1 Å². The first-order valence-electron chi connectivity index (χ1n) is 10.6. The smallest absolute Gasteiger partial charge is 0.324 e. The zero-order chi connectivity index (χ0) is 21.6. The number of amides is 2. The summed E-state index contributed by atoms with van der Waals surface area (Å²) in [6, 6.07) is 6.49. The first kappa shape index (κ1) is 20.2. The number of nitrogens with zero attached hydrogens (tertiary/aromatic N) is 3. The molecule has 3 aromatic rings. The molecule has 31 heavy (non-hydrogen) atoms. The van der Waals surface area contributed by atoms with Gasteiger partial charge in [0.15, 0.2) is 0 Å². The van der Waals surface area contributed by atoms with Crippen molar-refractivity contribution < 1.29 is 13.7 Å². The van der Waals surface area contributed by atoms with Crippen molar-refractivity contribution in [2.24, 2.45) is 5.41 Å². The molecule has 3 heterocycles. The third-order valence-corrected chi connectivity index (χ3v) is 7.77. The molecule has 8 heteroatoms. The highest BCUT2D eigenvalue weighted by atomic mass is 32.1. The summed E-state index contributed by atoms with van der Waals surface area (Å²) in [5.74, 6) is 0.657. The lowest BCUT2D eigenvalue weighted by Gasteiger charge is -2.51. The Hall–Kier alpha value is -2.74. The number of hydrogen-bond acceptors (Lipinski definition) is 5. The van der Waals surface area contributed by atoms with Gasteiger partial charge in [-0.1, -0.05) is 17.3 Å². The van der Waals surface area contributed by atoms with E-state index in [0.717, 1.165) is 66.3 Å². The lowest BCUT2D eigenvalue weighted by molar-refractivity contribution is 0.0279. The van der Waals surface area contributed by atoms with Gasteiger partial charge >= 0.3 is 6.03 Å². The summed E-state index contributed by atoms with van der Waals surface area (Å²) in [6.07, 6.45) is 4.23. The van der Waals surface area contributed by atoms with E-state index < -0.39 is 0 Å². The Morgan fingerprint density at radius 2 is 2.06 bits per heavy atom. The maximum atomic E-state index is 13.5. The van der Waals surface area contributed by atoms with Crippen molar-refractivity contribution in [1.29, 1.82) is 0 Å². The SMILES string of the molecule is Cc1noc(NC(=O)N2CCC3(CC2)CC(c2csc(-c4cccc(F)c4)n2)C3)c1C. The lowest BCUT2D eigenvalue weighted by Crippen LogP contribution is -2.49. The van der Waals surface area contributed by atoms with E-state index in [1.165, 1.54) is 12.1 Å². The number of halogens is 1. The number of carbonyl (C=O) groups excluding carboxylic acids is 1. The van der Waals surface area contributed by atoms with Crippen LogP contribution in [0.2, 0.25) is 0 Å². The molecule has 0 atom stereocenters. The maximum absolute atomic E-state index is 13.5. The van der Waals surface area contributed by atoms with Gasteiger partial charge in [0.25, 0.3) is 0 Å². The summed E-state index contributed by atoms with van der Waals surface area (Å²) >= 11 is 1.58. The summed E-state index contributed by atoms with van der Waals surface area (Å²) in [6.45, 7) is 5.24. The second-order valence-electron chi connectivity index (χ2n) is 8.83. The van der Waals surface area contributed by atoms with Gasteiger partial charge < -0.3 is 9.42 Å². The van der Waals surface area contributed by atoms with E-state index in [1.54, 1.807) is 17.4 Å². The van der Waals surface area contributed by atoms with Gasteiger partial charge in [0.2, 0.25) is 5.88 Å². The molecule has 1 N–H and O–H groups in total. The van der Waals surface area contributed by atoms with Crippen LogP contribution in [0.5, 0.6) is 0 Å². The van der Waals surface area contributed by atoms with Crippen LogP contribution in [-0.2, 0) is 0 Å². The Balaban J connectivity index is 1.15. The molecular weight excluding hydrogens is 415 g/mol. The van der Waals surface area contributed by atoms with Gasteiger partial charge in [-0.2, -0.15) is 0 Å². The normalized spacial score (nSPS) is 18.2. The second kappa shape index (κ2) is 7.75. The molecule has 2 aliphatic rings. The van der Waals surface area contributed by atoms with Gasteiger partial charge in [0, 0.05) is 35.5 Å². The number of nitrogens with one attached hydrogen (secondary N) is 1. The highest BCUT2D eigenvalue weighted by molar-refractivity contribution is 7.13. The number of benzene rings is 1. The van der Waals surface area contributed by atoms with Crippen molar-refractivity contribution in [2.45, 2.75) is 45.4 Å². The minimum Gasteiger partial charge on any atom is -0.338 e. The number of urea groups is 1. The number of anilines is 1.